The van der Waals surface area contributed by atoms with E-state index in [-0.39, 0.29) is 9.79 Å². The molecule has 0 bridgehead atoms. The first kappa shape index (κ1) is 18.1. The minimum Gasteiger partial charge on any atom is -0.229 e. The quantitative estimate of drug-likeness (QED) is 0.761. The van der Waals surface area contributed by atoms with Gasteiger partial charge in [0.1, 0.15) is 0 Å². The number of hydrogen-bond acceptors (Lipinski definition) is 6. The van der Waals surface area contributed by atoms with Crippen molar-refractivity contribution in [3.8, 4) is 0 Å². The fourth-order valence-corrected chi connectivity index (χ4v) is 11.1. The average Bonchev–Trinajstić information content (AvgIpc) is 2.94. The second-order valence-electron chi connectivity index (χ2n) is 5.87. The van der Waals surface area contributed by atoms with E-state index >= 15 is 0 Å². The van der Waals surface area contributed by atoms with E-state index in [2.05, 4.69) is 0 Å². The fourth-order valence-electron chi connectivity index (χ4n) is 2.93. The number of rotatable bonds is 4. The molecule has 0 unspecified atom stereocenters. The van der Waals surface area contributed by atoms with Crippen LogP contribution in [-0.4, -0.2) is 47.3 Å². The molecule has 0 saturated carbocycles. The Morgan fingerprint density at radius 2 is 0.960 bits per heavy atom. The number of hydrogen-bond donors (Lipinski definition) is 0. The summed E-state index contributed by atoms with van der Waals surface area (Å²) in [5.74, 6) is -1.39. The summed E-state index contributed by atoms with van der Waals surface area (Å²) in [6.07, 6.45) is 0. The van der Waals surface area contributed by atoms with Crippen LogP contribution in [0.4, 0.5) is 0 Å². The van der Waals surface area contributed by atoms with Gasteiger partial charge in [-0.1, -0.05) is 36.4 Å². The summed E-state index contributed by atoms with van der Waals surface area (Å²) in [6, 6.07) is 14.7. The molecule has 2 atom stereocenters. The fraction of sp³-hybridized carbons (Fsp3) is 0.250. The van der Waals surface area contributed by atoms with Gasteiger partial charge in [0, 0.05) is 0 Å². The second-order valence-corrected chi connectivity index (χ2v) is 12.4. The van der Waals surface area contributed by atoms with Crippen molar-refractivity contribution in [2.75, 3.05) is 11.5 Å². The van der Waals surface area contributed by atoms with Gasteiger partial charge in [-0.2, -0.15) is 0 Å². The lowest BCUT2D eigenvalue weighted by atomic mass is 10.3. The first-order valence-corrected chi connectivity index (χ1v) is 12.3. The maximum absolute atomic E-state index is 12.9. The minimum absolute atomic E-state index is 0.0784. The van der Waals surface area contributed by atoms with Crippen LogP contribution in [0, 0.1) is 0 Å². The smallest absolute Gasteiger partial charge is 0.183 e. The van der Waals surface area contributed by atoms with Gasteiger partial charge in [-0.3, -0.25) is 0 Å². The minimum atomic E-state index is -4.11. The van der Waals surface area contributed by atoms with Crippen LogP contribution in [0.2, 0.25) is 0 Å². The molecule has 0 amide bonds. The monoisotopic (exact) mass is 400 g/mol. The Morgan fingerprint density at radius 1 is 0.640 bits per heavy atom. The normalized spacial score (nSPS) is 23.4. The van der Waals surface area contributed by atoms with Crippen molar-refractivity contribution in [2.45, 2.75) is 20.3 Å². The molecular formula is C16H16O6S3. The van der Waals surface area contributed by atoms with Crippen LogP contribution in [0.5, 0.6) is 0 Å². The molecule has 3 rings (SSSR count). The molecule has 1 saturated heterocycles. The summed E-state index contributed by atoms with van der Waals surface area (Å²) in [5.41, 5.74) is 0. The van der Waals surface area contributed by atoms with Gasteiger partial charge in [-0.15, -0.1) is 0 Å². The van der Waals surface area contributed by atoms with Crippen LogP contribution >= 0.6 is 0 Å². The van der Waals surface area contributed by atoms with E-state index in [1.165, 1.54) is 48.5 Å². The molecule has 0 aromatic heterocycles. The maximum Gasteiger partial charge on any atom is 0.183 e. The Hall–Kier alpha value is -1.71. The molecule has 1 aliphatic heterocycles. The van der Waals surface area contributed by atoms with E-state index in [4.69, 9.17) is 0 Å². The maximum atomic E-state index is 12.9. The Labute approximate surface area is 147 Å². The number of sulfone groups is 3. The Balaban J connectivity index is 2.13. The summed E-state index contributed by atoms with van der Waals surface area (Å²) in [5, 5.41) is -3.05. The van der Waals surface area contributed by atoms with Crippen LogP contribution in [0.15, 0.2) is 70.5 Å². The predicted octanol–water partition coefficient (Wildman–Crippen LogP) is 1.10. The van der Waals surface area contributed by atoms with E-state index in [1.807, 2.05) is 0 Å². The molecule has 0 aliphatic carbocycles. The second kappa shape index (κ2) is 6.22. The third kappa shape index (κ3) is 3.36. The van der Waals surface area contributed by atoms with Crippen molar-refractivity contribution in [3.05, 3.63) is 60.7 Å². The van der Waals surface area contributed by atoms with Gasteiger partial charge >= 0.3 is 0 Å². The lowest BCUT2D eigenvalue weighted by Gasteiger charge is -2.19. The third-order valence-corrected chi connectivity index (χ3v) is 11.0. The van der Waals surface area contributed by atoms with Crippen LogP contribution in [-0.2, 0) is 29.5 Å². The highest BCUT2D eigenvalue weighted by Gasteiger charge is 2.52. The largest absolute Gasteiger partial charge is 0.229 e. The molecule has 0 spiro atoms. The lowest BCUT2D eigenvalue weighted by Crippen LogP contribution is -2.38. The highest BCUT2D eigenvalue weighted by atomic mass is 32.2. The van der Waals surface area contributed by atoms with Crippen molar-refractivity contribution >= 4 is 29.5 Å². The van der Waals surface area contributed by atoms with Gasteiger partial charge in [-0.05, 0) is 24.3 Å². The van der Waals surface area contributed by atoms with Crippen molar-refractivity contribution < 1.29 is 25.3 Å². The molecule has 1 aliphatic rings. The summed E-state index contributed by atoms with van der Waals surface area (Å²) >= 11 is 0. The number of benzene rings is 2. The van der Waals surface area contributed by atoms with Crippen molar-refractivity contribution in [1.29, 1.82) is 0 Å². The van der Waals surface area contributed by atoms with Crippen LogP contribution in [0.3, 0.4) is 0 Å². The summed E-state index contributed by atoms with van der Waals surface area (Å²) < 4.78 is 75.7. The molecule has 0 radical (unpaired) electrons. The molecule has 0 N–H and O–H groups in total. The van der Waals surface area contributed by atoms with E-state index in [9.17, 15) is 25.3 Å². The van der Waals surface area contributed by atoms with Crippen LogP contribution in [0.25, 0.3) is 0 Å². The van der Waals surface area contributed by atoms with E-state index in [0.29, 0.717) is 0 Å². The zero-order chi connectivity index (χ0) is 18.3. The Bertz CT molecular complexity index is 990. The molecule has 2 aromatic rings. The Morgan fingerprint density at radius 3 is 1.28 bits per heavy atom. The Kier molecular flexibility index (Phi) is 4.50. The van der Waals surface area contributed by atoms with E-state index in [0.717, 1.165) is 0 Å². The van der Waals surface area contributed by atoms with Crippen molar-refractivity contribution in [2.24, 2.45) is 0 Å². The van der Waals surface area contributed by atoms with E-state index < -0.39 is 51.5 Å². The van der Waals surface area contributed by atoms with Crippen molar-refractivity contribution in [3.63, 3.8) is 0 Å². The van der Waals surface area contributed by atoms with E-state index in [1.54, 1.807) is 12.1 Å². The van der Waals surface area contributed by atoms with Gasteiger partial charge in [-0.25, -0.2) is 25.3 Å². The van der Waals surface area contributed by atoms with Gasteiger partial charge in [0.15, 0.2) is 29.5 Å². The molecule has 1 heterocycles. The first-order chi connectivity index (χ1) is 11.6. The summed E-state index contributed by atoms with van der Waals surface area (Å²) in [7, 11) is -12.0. The standard InChI is InChI=1S/C16H16O6S3/c17-23(18)11-15(24(19,20)13-7-3-1-4-8-13)16(12-23)25(21,22)14-9-5-2-6-10-14/h1-10,15-16H,11-12H2/t15-,16+. The van der Waals surface area contributed by atoms with Crippen molar-refractivity contribution in [1.82, 2.24) is 0 Å². The molecule has 9 heteroatoms. The van der Waals surface area contributed by atoms with Gasteiger partial charge in [0.25, 0.3) is 0 Å². The molecule has 134 valence electrons. The summed E-state index contributed by atoms with van der Waals surface area (Å²) in [6.45, 7) is 0. The SMILES string of the molecule is O=S1(=O)C[C@@H](S(=O)(=O)c2ccccc2)[C@@H](S(=O)(=O)c2ccccc2)C1. The third-order valence-electron chi connectivity index (χ3n) is 4.19. The highest BCUT2D eigenvalue weighted by Crippen LogP contribution is 2.32. The average molecular weight is 400 g/mol. The molecule has 2 aromatic carbocycles. The zero-order valence-corrected chi connectivity index (χ0v) is 15.5. The lowest BCUT2D eigenvalue weighted by molar-refractivity contribution is 0.567. The molecule has 25 heavy (non-hydrogen) atoms. The van der Waals surface area contributed by atoms with Gasteiger partial charge < -0.3 is 0 Å². The van der Waals surface area contributed by atoms with Gasteiger partial charge in [0.2, 0.25) is 0 Å². The highest BCUT2D eigenvalue weighted by molar-refractivity contribution is 8.00. The predicted molar refractivity (Wildman–Crippen MR) is 93.5 cm³/mol. The topological polar surface area (TPSA) is 102 Å². The zero-order valence-electron chi connectivity index (χ0n) is 13.0. The molecule has 1 fully saturated rings. The van der Waals surface area contributed by atoms with Gasteiger partial charge in [0.05, 0.1) is 31.8 Å². The first-order valence-electron chi connectivity index (χ1n) is 7.43. The molecule has 6 nitrogen and oxygen atoms in total. The van der Waals surface area contributed by atoms with Crippen LogP contribution < -0.4 is 0 Å². The van der Waals surface area contributed by atoms with Crippen LogP contribution in [0.1, 0.15) is 0 Å². The summed E-state index contributed by atoms with van der Waals surface area (Å²) in [4.78, 5) is -0.157. The molecular weight excluding hydrogens is 384 g/mol.